The number of thiazole rings is 1. The van der Waals surface area contributed by atoms with Crippen molar-refractivity contribution < 1.29 is 14.7 Å². The zero-order valence-corrected chi connectivity index (χ0v) is 12.9. The van der Waals surface area contributed by atoms with E-state index in [1.165, 1.54) is 4.57 Å². The highest BCUT2D eigenvalue weighted by Crippen LogP contribution is 2.16. The molecule has 2 heterocycles. The molecule has 1 aliphatic heterocycles. The number of aromatic nitrogens is 1. The number of nitrogens with zero attached hydrogens (tertiary/aromatic N) is 2. The van der Waals surface area contributed by atoms with Crippen molar-refractivity contribution in [1.29, 1.82) is 0 Å². The van der Waals surface area contributed by atoms with E-state index in [0.717, 1.165) is 38.8 Å². The van der Waals surface area contributed by atoms with E-state index in [-0.39, 0.29) is 22.2 Å². The molecule has 1 saturated heterocycles. The molecule has 0 unspecified atom stereocenters. The lowest BCUT2D eigenvalue weighted by molar-refractivity contribution is -0.132. The first-order chi connectivity index (χ1) is 10.0. The molecule has 116 valence electrons. The molecule has 2 rings (SSSR count). The fourth-order valence-corrected chi connectivity index (χ4v) is 3.50. The highest BCUT2D eigenvalue weighted by atomic mass is 32.1. The second-order valence-corrected chi connectivity index (χ2v) is 6.19. The molecule has 0 aromatic carbocycles. The van der Waals surface area contributed by atoms with Crippen molar-refractivity contribution in [3.63, 3.8) is 0 Å². The maximum Gasteiger partial charge on any atom is 0.347 e. The summed E-state index contributed by atoms with van der Waals surface area (Å²) in [7, 11) is 0. The lowest BCUT2D eigenvalue weighted by Gasteiger charge is -2.27. The number of amides is 1. The third-order valence-electron chi connectivity index (χ3n) is 3.68. The van der Waals surface area contributed by atoms with Crippen molar-refractivity contribution in [3.05, 3.63) is 20.2 Å². The maximum absolute atomic E-state index is 12.3. The van der Waals surface area contributed by atoms with E-state index < -0.39 is 5.97 Å². The molecular formula is C14H20N2O4S. The summed E-state index contributed by atoms with van der Waals surface area (Å²) in [6, 6.07) is 0. The van der Waals surface area contributed by atoms with Crippen LogP contribution in [0.25, 0.3) is 0 Å². The Morgan fingerprint density at radius 2 is 1.90 bits per heavy atom. The summed E-state index contributed by atoms with van der Waals surface area (Å²) < 4.78 is 1.34. The molecule has 0 spiro atoms. The second kappa shape index (κ2) is 6.89. The van der Waals surface area contributed by atoms with E-state index in [1.54, 1.807) is 4.90 Å². The molecule has 1 amide bonds. The summed E-state index contributed by atoms with van der Waals surface area (Å²) in [6.07, 6.45) is 4.34. The van der Waals surface area contributed by atoms with E-state index in [0.29, 0.717) is 23.5 Å². The first-order valence-electron chi connectivity index (χ1n) is 7.28. The van der Waals surface area contributed by atoms with Gasteiger partial charge in [0.1, 0.15) is 11.4 Å². The quantitative estimate of drug-likeness (QED) is 0.895. The molecule has 21 heavy (non-hydrogen) atoms. The van der Waals surface area contributed by atoms with Gasteiger partial charge in [-0.3, -0.25) is 14.2 Å². The van der Waals surface area contributed by atoms with Gasteiger partial charge in [-0.25, -0.2) is 4.79 Å². The van der Waals surface area contributed by atoms with Gasteiger partial charge in [0, 0.05) is 18.8 Å². The fraction of sp³-hybridized carbons (Fsp3) is 0.643. The van der Waals surface area contributed by atoms with Gasteiger partial charge in [-0.1, -0.05) is 24.7 Å². The van der Waals surface area contributed by atoms with Crippen LogP contribution in [0, 0.1) is 0 Å². The van der Waals surface area contributed by atoms with Crippen LogP contribution < -0.4 is 4.87 Å². The lowest BCUT2D eigenvalue weighted by atomic mass is 10.1. The molecule has 0 atom stereocenters. The van der Waals surface area contributed by atoms with E-state index in [2.05, 4.69) is 0 Å². The molecule has 6 nitrogen and oxygen atoms in total. The number of carbonyl (C=O) groups is 2. The van der Waals surface area contributed by atoms with Crippen LogP contribution in [0.3, 0.4) is 0 Å². The topological polar surface area (TPSA) is 79.6 Å². The number of piperidine rings is 1. The maximum atomic E-state index is 12.3. The van der Waals surface area contributed by atoms with Gasteiger partial charge in [0.2, 0.25) is 5.91 Å². The Hall–Kier alpha value is -1.63. The summed E-state index contributed by atoms with van der Waals surface area (Å²) in [5.41, 5.74) is 0.477. The third kappa shape index (κ3) is 3.53. The van der Waals surface area contributed by atoms with Crippen LogP contribution in [0.15, 0.2) is 4.79 Å². The standard InChI is InChI=1S/C14H20N2O4S/c1-2-6-10-12(13(18)19)21-14(20)16(10)9-11(17)15-7-4-3-5-8-15/h2-9H2,1H3,(H,18,19). The van der Waals surface area contributed by atoms with E-state index in [4.69, 9.17) is 0 Å². The number of carboxylic acid groups (broad SMARTS) is 1. The zero-order chi connectivity index (χ0) is 15.4. The van der Waals surface area contributed by atoms with Crippen LogP contribution >= 0.6 is 11.3 Å². The Morgan fingerprint density at radius 1 is 1.24 bits per heavy atom. The molecule has 1 aromatic rings. The van der Waals surface area contributed by atoms with Crippen molar-refractivity contribution in [1.82, 2.24) is 9.47 Å². The van der Waals surface area contributed by atoms with E-state index in [9.17, 15) is 19.5 Å². The Balaban J connectivity index is 2.24. The molecule has 7 heteroatoms. The smallest absolute Gasteiger partial charge is 0.347 e. The van der Waals surface area contributed by atoms with Crippen molar-refractivity contribution in [2.45, 2.75) is 45.6 Å². The van der Waals surface area contributed by atoms with Crippen LogP contribution in [-0.4, -0.2) is 39.5 Å². The molecule has 0 radical (unpaired) electrons. The molecule has 1 aromatic heterocycles. The molecule has 1 fully saturated rings. The predicted molar refractivity (Wildman–Crippen MR) is 80.0 cm³/mol. The van der Waals surface area contributed by atoms with Crippen LogP contribution in [0.2, 0.25) is 0 Å². The van der Waals surface area contributed by atoms with Gasteiger partial charge in [0.05, 0.1) is 0 Å². The van der Waals surface area contributed by atoms with Crippen molar-refractivity contribution in [2.24, 2.45) is 0 Å². The first-order valence-corrected chi connectivity index (χ1v) is 8.09. The lowest BCUT2D eigenvalue weighted by Crippen LogP contribution is -2.39. The SMILES string of the molecule is CCCc1c(C(=O)O)sc(=O)n1CC(=O)N1CCCCC1. The summed E-state index contributed by atoms with van der Waals surface area (Å²) >= 11 is 0.715. The second-order valence-electron chi connectivity index (χ2n) is 5.23. The number of carbonyl (C=O) groups excluding carboxylic acids is 1. The van der Waals surface area contributed by atoms with Crippen LogP contribution in [-0.2, 0) is 17.8 Å². The number of hydrogen-bond acceptors (Lipinski definition) is 4. The van der Waals surface area contributed by atoms with Gasteiger partial charge in [-0.05, 0) is 25.7 Å². The van der Waals surface area contributed by atoms with E-state index in [1.807, 2.05) is 6.92 Å². The monoisotopic (exact) mass is 312 g/mol. The average molecular weight is 312 g/mol. The Labute approximate surface area is 127 Å². The Bertz CT molecular complexity index is 584. The van der Waals surface area contributed by atoms with Gasteiger partial charge in [-0.15, -0.1) is 0 Å². The van der Waals surface area contributed by atoms with Crippen molar-refractivity contribution >= 4 is 23.2 Å². The van der Waals surface area contributed by atoms with Gasteiger partial charge in [0.25, 0.3) is 0 Å². The third-order valence-corrected chi connectivity index (χ3v) is 4.69. The first kappa shape index (κ1) is 15.8. The minimum Gasteiger partial charge on any atom is -0.477 e. The Kier molecular flexibility index (Phi) is 5.17. The fourth-order valence-electron chi connectivity index (χ4n) is 2.63. The molecule has 0 saturated carbocycles. The minimum absolute atomic E-state index is 0.0437. The summed E-state index contributed by atoms with van der Waals surface area (Å²) in [6.45, 7) is 3.34. The number of rotatable bonds is 5. The van der Waals surface area contributed by atoms with Crippen LogP contribution in [0.5, 0.6) is 0 Å². The van der Waals surface area contributed by atoms with E-state index >= 15 is 0 Å². The van der Waals surface area contributed by atoms with Crippen LogP contribution in [0.4, 0.5) is 0 Å². The largest absolute Gasteiger partial charge is 0.477 e. The van der Waals surface area contributed by atoms with Gasteiger partial charge in [-0.2, -0.15) is 0 Å². The molecule has 0 bridgehead atoms. The van der Waals surface area contributed by atoms with Crippen molar-refractivity contribution in [3.8, 4) is 0 Å². The number of carboxylic acids is 1. The molecule has 1 N–H and O–H groups in total. The Morgan fingerprint density at radius 3 is 2.48 bits per heavy atom. The van der Waals surface area contributed by atoms with Gasteiger partial charge < -0.3 is 10.0 Å². The summed E-state index contributed by atoms with van der Waals surface area (Å²) in [4.78, 5) is 37.0. The minimum atomic E-state index is -1.09. The van der Waals surface area contributed by atoms with Crippen molar-refractivity contribution in [2.75, 3.05) is 13.1 Å². The highest BCUT2D eigenvalue weighted by molar-refractivity contribution is 7.11. The summed E-state index contributed by atoms with van der Waals surface area (Å²) in [5, 5.41) is 9.18. The summed E-state index contributed by atoms with van der Waals surface area (Å²) in [5.74, 6) is -1.19. The normalized spacial score (nSPS) is 15.2. The number of aromatic carboxylic acids is 1. The molecule has 0 aliphatic carbocycles. The number of likely N-dealkylation sites (tertiary alicyclic amines) is 1. The van der Waals surface area contributed by atoms with Gasteiger partial charge >= 0.3 is 10.8 Å². The average Bonchev–Trinajstić information content (AvgIpc) is 2.78. The molecular weight excluding hydrogens is 292 g/mol. The zero-order valence-electron chi connectivity index (χ0n) is 12.1. The predicted octanol–water partition coefficient (Wildman–Crippen LogP) is 1.57. The number of hydrogen-bond donors (Lipinski definition) is 1. The van der Waals surface area contributed by atoms with Crippen LogP contribution in [0.1, 0.15) is 48.0 Å². The molecule has 1 aliphatic rings. The highest BCUT2D eigenvalue weighted by Gasteiger charge is 2.23. The van der Waals surface area contributed by atoms with Gasteiger partial charge in [0.15, 0.2) is 0 Å².